The van der Waals surface area contributed by atoms with Gasteiger partial charge in [-0.3, -0.25) is 0 Å². The summed E-state index contributed by atoms with van der Waals surface area (Å²) in [5.41, 5.74) is 0.169. The molecule has 0 amide bonds. The van der Waals surface area contributed by atoms with Gasteiger partial charge in [0.25, 0.3) is 0 Å². The molecule has 0 atom stereocenters. The molecule has 0 saturated heterocycles. The van der Waals surface area contributed by atoms with Crippen molar-refractivity contribution in [3.63, 3.8) is 0 Å². The van der Waals surface area contributed by atoms with Gasteiger partial charge in [0.05, 0.1) is 6.61 Å². The van der Waals surface area contributed by atoms with Gasteiger partial charge in [-0.15, -0.1) is 21.5 Å². The molecule has 0 aliphatic carbocycles. The molecule has 5 heteroatoms. The maximum atomic E-state index is 5.30. The van der Waals surface area contributed by atoms with Crippen LogP contribution in [0.4, 0.5) is 0 Å². The highest BCUT2D eigenvalue weighted by molar-refractivity contribution is 7.11. The number of hydrogen-bond acceptors (Lipinski definition) is 5. The summed E-state index contributed by atoms with van der Waals surface area (Å²) < 4.78 is 5.30. The summed E-state index contributed by atoms with van der Waals surface area (Å²) in [6, 6.07) is 0. The van der Waals surface area contributed by atoms with Crippen molar-refractivity contribution in [1.29, 1.82) is 0 Å². The van der Waals surface area contributed by atoms with Gasteiger partial charge in [0, 0.05) is 31.5 Å². The Morgan fingerprint density at radius 2 is 1.82 bits per heavy atom. The lowest BCUT2D eigenvalue weighted by Crippen LogP contribution is -2.37. The molecule has 98 valence electrons. The molecule has 0 saturated carbocycles. The Labute approximate surface area is 108 Å². The number of aromatic nitrogens is 2. The van der Waals surface area contributed by atoms with Gasteiger partial charge in [0.1, 0.15) is 10.0 Å². The Hall–Kier alpha value is -0.520. The highest BCUT2D eigenvalue weighted by atomic mass is 32.1. The quantitative estimate of drug-likeness (QED) is 0.759. The number of ether oxygens (including phenoxy) is 1. The first-order valence-corrected chi connectivity index (χ1v) is 6.97. The van der Waals surface area contributed by atoms with Crippen molar-refractivity contribution in [3.8, 4) is 0 Å². The van der Waals surface area contributed by atoms with Crippen LogP contribution in [-0.2, 0) is 17.6 Å². The fourth-order valence-electron chi connectivity index (χ4n) is 1.34. The molecule has 1 N–H and O–H groups in total. The lowest BCUT2D eigenvalue weighted by atomic mass is 10.1. The van der Waals surface area contributed by atoms with Crippen molar-refractivity contribution in [2.45, 2.75) is 46.1 Å². The van der Waals surface area contributed by atoms with E-state index < -0.39 is 0 Å². The Morgan fingerprint density at radius 3 is 2.41 bits per heavy atom. The zero-order valence-electron chi connectivity index (χ0n) is 11.2. The molecule has 0 aliphatic heterocycles. The third-order valence-electron chi connectivity index (χ3n) is 2.17. The maximum Gasteiger partial charge on any atom is 0.119 e. The third-order valence-corrected chi connectivity index (χ3v) is 3.21. The van der Waals surface area contributed by atoms with Crippen LogP contribution in [0, 0.1) is 0 Å². The van der Waals surface area contributed by atoms with E-state index in [9.17, 15) is 0 Å². The normalized spacial score (nSPS) is 12.0. The van der Waals surface area contributed by atoms with Gasteiger partial charge < -0.3 is 10.1 Å². The molecule has 1 rings (SSSR count). The Bertz CT molecular complexity index is 320. The first-order chi connectivity index (χ1) is 8.01. The molecule has 0 aliphatic rings. The van der Waals surface area contributed by atoms with E-state index in [-0.39, 0.29) is 5.54 Å². The summed E-state index contributed by atoms with van der Waals surface area (Å²) in [6.07, 6.45) is 1.82. The van der Waals surface area contributed by atoms with Crippen LogP contribution in [0.25, 0.3) is 0 Å². The van der Waals surface area contributed by atoms with E-state index in [1.807, 2.05) is 6.92 Å². The molecule has 0 radical (unpaired) electrons. The fraction of sp³-hybridized carbons (Fsp3) is 0.833. The molecule has 1 aromatic rings. The molecule has 0 bridgehead atoms. The van der Waals surface area contributed by atoms with Crippen LogP contribution < -0.4 is 5.32 Å². The van der Waals surface area contributed by atoms with Gasteiger partial charge in [-0.05, 0) is 27.7 Å². The second-order valence-electron chi connectivity index (χ2n) is 4.96. The van der Waals surface area contributed by atoms with Crippen molar-refractivity contribution in [2.24, 2.45) is 0 Å². The van der Waals surface area contributed by atoms with Crippen LogP contribution in [-0.4, -0.2) is 35.5 Å². The number of nitrogens with one attached hydrogen (secondary N) is 1. The van der Waals surface area contributed by atoms with Gasteiger partial charge in [-0.25, -0.2) is 0 Å². The molecule has 0 spiro atoms. The summed E-state index contributed by atoms with van der Waals surface area (Å²) in [6.45, 7) is 11.0. The van der Waals surface area contributed by atoms with Crippen LogP contribution in [0.5, 0.6) is 0 Å². The molecule has 17 heavy (non-hydrogen) atoms. The first kappa shape index (κ1) is 14.5. The van der Waals surface area contributed by atoms with Gasteiger partial charge in [0.15, 0.2) is 0 Å². The van der Waals surface area contributed by atoms with Crippen LogP contribution in [0.3, 0.4) is 0 Å². The zero-order valence-corrected chi connectivity index (χ0v) is 12.1. The molecule has 1 heterocycles. The molecule has 4 nitrogen and oxygen atoms in total. The standard InChI is InChI=1S/C12H23N3OS/c1-5-16-9-7-11-15-14-10(17-11)6-8-13-12(2,3)4/h13H,5-9H2,1-4H3. The highest BCUT2D eigenvalue weighted by Gasteiger charge is 2.09. The first-order valence-electron chi connectivity index (χ1n) is 6.15. The van der Waals surface area contributed by atoms with E-state index in [0.717, 1.165) is 42.6 Å². The van der Waals surface area contributed by atoms with Crippen molar-refractivity contribution in [2.75, 3.05) is 19.8 Å². The average Bonchev–Trinajstić information content (AvgIpc) is 2.64. The van der Waals surface area contributed by atoms with Crippen LogP contribution in [0.2, 0.25) is 0 Å². The minimum atomic E-state index is 0.169. The molecule has 0 aromatic carbocycles. The predicted molar refractivity (Wildman–Crippen MR) is 71.6 cm³/mol. The lowest BCUT2D eigenvalue weighted by Gasteiger charge is -2.19. The van der Waals surface area contributed by atoms with Crippen molar-refractivity contribution in [1.82, 2.24) is 15.5 Å². The van der Waals surface area contributed by atoms with Crippen molar-refractivity contribution in [3.05, 3.63) is 10.0 Å². The summed E-state index contributed by atoms with van der Waals surface area (Å²) in [5.74, 6) is 0. The van der Waals surface area contributed by atoms with Crippen molar-refractivity contribution < 1.29 is 4.74 Å². The molecule has 1 aromatic heterocycles. The van der Waals surface area contributed by atoms with E-state index in [1.54, 1.807) is 11.3 Å². The monoisotopic (exact) mass is 257 g/mol. The van der Waals surface area contributed by atoms with Gasteiger partial charge in [-0.1, -0.05) is 0 Å². The summed E-state index contributed by atoms with van der Waals surface area (Å²) in [7, 11) is 0. The van der Waals surface area contributed by atoms with Crippen LogP contribution in [0.1, 0.15) is 37.7 Å². The topological polar surface area (TPSA) is 47.0 Å². The third kappa shape index (κ3) is 6.71. The van der Waals surface area contributed by atoms with E-state index in [2.05, 4.69) is 36.3 Å². The number of hydrogen-bond donors (Lipinski definition) is 1. The molecule has 0 fully saturated rings. The van der Waals surface area contributed by atoms with Gasteiger partial charge in [-0.2, -0.15) is 0 Å². The Balaban J connectivity index is 2.26. The minimum absolute atomic E-state index is 0.169. The smallest absolute Gasteiger partial charge is 0.119 e. The largest absolute Gasteiger partial charge is 0.381 e. The van der Waals surface area contributed by atoms with E-state index in [0.29, 0.717) is 0 Å². The highest BCUT2D eigenvalue weighted by Crippen LogP contribution is 2.11. The molecular weight excluding hydrogens is 234 g/mol. The summed E-state index contributed by atoms with van der Waals surface area (Å²) in [5, 5.41) is 14.0. The molecular formula is C12H23N3OS. The van der Waals surface area contributed by atoms with Gasteiger partial charge in [0.2, 0.25) is 0 Å². The fourth-order valence-corrected chi connectivity index (χ4v) is 2.16. The van der Waals surface area contributed by atoms with Crippen molar-refractivity contribution >= 4 is 11.3 Å². The maximum absolute atomic E-state index is 5.30. The van der Waals surface area contributed by atoms with Crippen LogP contribution >= 0.6 is 11.3 Å². The minimum Gasteiger partial charge on any atom is -0.381 e. The molecule has 0 unspecified atom stereocenters. The second kappa shape index (κ2) is 7.03. The summed E-state index contributed by atoms with van der Waals surface area (Å²) in [4.78, 5) is 0. The second-order valence-corrected chi connectivity index (χ2v) is 6.11. The average molecular weight is 257 g/mol. The predicted octanol–water partition coefficient (Wildman–Crippen LogP) is 2.05. The summed E-state index contributed by atoms with van der Waals surface area (Å²) >= 11 is 1.69. The van der Waals surface area contributed by atoms with E-state index in [4.69, 9.17) is 4.74 Å². The van der Waals surface area contributed by atoms with Gasteiger partial charge >= 0.3 is 0 Å². The number of nitrogens with zero attached hydrogens (tertiary/aromatic N) is 2. The number of rotatable bonds is 7. The van der Waals surface area contributed by atoms with E-state index >= 15 is 0 Å². The SMILES string of the molecule is CCOCCc1nnc(CCNC(C)(C)C)s1. The Kier molecular flexibility index (Phi) is 6.02. The Morgan fingerprint density at radius 1 is 1.18 bits per heavy atom. The zero-order chi connectivity index (χ0) is 12.7. The lowest BCUT2D eigenvalue weighted by molar-refractivity contribution is 0.150. The van der Waals surface area contributed by atoms with E-state index in [1.165, 1.54) is 0 Å². The van der Waals surface area contributed by atoms with Crippen LogP contribution in [0.15, 0.2) is 0 Å².